The van der Waals surface area contributed by atoms with E-state index < -0.39 is 10.0 Å². The summed E-state index contributed by atoms with van der Waals surface area (Å²) in [4.78, 5) is 13.8. The first-order valence-corrected chi connectivity index (χ1v) is 9.68. The van der Waals surface area contributed by atoms with Crippen molar-refractivity contribution in [3.63, 3.8) is 0 Å². The van der Waals surface area contributed by atoms with E-state index in [0.717, 1.165) is 5.56 Å². The Labute approximate surface area is 153 Å². The largest absolute Gasteiger partial charge is 0.311 e. The van der Waals surface area contributed by atoms with Gasteiger partial charge in [-0.05, 0) is 49.2 Å². The van der Waals surface area contributed by atoms with Crippen molar-refractivity contribution in [1.82, 2.24) is 4.72 Å². The second-order valence-electron chi connectivity index (χ2n) is 5.76. The summed E-state index contributed by atoms with van der Waals surface area (Å²) in [7, 11) is -3.62. The smallest absolute Gasteiger partial charge is 0.240 e. The number of hydrogen-bond donors (Lipinski definition) is 1. The quantitative estimate of drug-likeness (QED) is 0.836. The Kier molecular flexibility index (Phi) is 6.21. The molecule has 0 heterocycles. The van der Waals surface area contributed by atoms with Crippen LogP contribution in [0.3, 0.4) is 0 Å². The normalized spacial score (nSPS) is 11.4. The van der Waals surface area contributed by atoms with Gasteiger partial charge in [0.2, 0.25) is 15.9 Å². The van der Waals surface area contributed by atoms with Crippen LogP contribution in [-0.2, 0) is 14.8 Å². The van der Waals surface area contributed by atoms with Crippen molar-refractivity contribution in [2.75, 3.05) is 18.0 Å². The van der Waals surface area contributed by atoms with Crippen molar-refractivity contribution in [2.24, 2.45) is 0 Å². The van der Waals surface area contributed by atoms with Crippen LogP contribution in [0.1, 0.15) is 18.1 Å². The van der Waals surface area contributed by atoms with Crippen molar-refractivity contribution in [2.45, 2.75) is 25.7 Å². The molecule has 2 aromatic carbocycles. The van der Waals surface area contributed by atoms with Gasteiger partial charge in [0.05, 0.1) is 4.90 Å². The SMILES string of the molecule is CC(=O)N(CCNS(=O)(=O)c1ccccc1C)c1ccc(Cl)cc1C. The molecule has 0 aliphatic heterocycles. The number of carbonyl (C=O) groups excluding carboxylic acids is 1. The molecule has 0 fully saturated rings. The lowest BCUT2D eigenvalue weighted by molar-refractivity contribution is -0.116. The van der Waals surface area contributed by atoms with Crippen LogP contribution in [0.5, 0.6) is 0 Å². The predicted molar refractivity (Wildman–Crippen MR) is 101 cm³/mol. The van der Waals surface area contributed by atoms with Crippen LogP contribution in [-0.4, -0.2) is 27.4 Å². The predicted octanol–water partition coefficient (Wildman–Crippen LogP) is 3.29. The number of rotatable bonds is 6. The third-order valence-electron chi connectivity index (χ3n) is 3.84. The number of hydrogen-bond acceptors (Lipinski definition) is 3. The minimum atomic E-state index is -3.62. The number of halogens is 1. The second-order valence-corrected chi connectivity index (χ2v) is 7.94. The molecule has 0 saturated carbocycles. The fraction of sp³-hybridized carbons (Fsp3) is 0.278. The van der Waals surface area contributed by atoms with E-state index in [1.165, 1.54) is 11.8 Å². The lowest BCUT2D eigenvalue weighted by Gasteiger charge is -2.23. The van der Waals surface area contributed by atoms with E-state index in [1.54, 1.807) is 49.4 Å². The summed E-state index contributed by atoms with van der Waals surface area (Å²) in [5.74, 6) is -0.166. The van der Waals surface area contributed by atoms with Gasteiger partial charge >= 0.3 is 0 Å². The van der Waals surface area contributed by atoms with E-state index in [4.69, 9.17) is 11.6 Å². The van der Waals surface area contributed by atoms with E-state index in [-0.39, 0.29) is 23.9 Å². The van der Waals surface area contributed by atoms with Gasteiger partial charge in [-0.15, -0.1) is 0 Å². The van der Waals surface area contributed by atoms with Gasteiger partial charge in [0.1, 0.15) is 0 Å². The first-order valence-electron chi connectivity index (χ1n) is 7.82. The summed E-state index contributed by atoms with van der Waals surface area (Å²) < 4.78 is 27.4. The van der Waals surface area contributed by atoms with Gasteiger partial charge in [0.25, 0.3) is 0 Å². The van der Waals surface area contributed by atoms with E-state index in [2.05, 4.69) is 4.72 Å². The number of aryl methyl sites for hydroxylation is 2. The molecule has 0 aliphatic carbocycles. The molecule has 134 valence electrons. The van der Waals surface area contributed by atoms with Gasteiger partial charge < -0.3 is 4.90 Å². The number of carbonyl (C=O) groups is 1. The average Bonchev–Trinajstić information content (AvgIpc) is 2.52. The molecule has 0 saturated heterocycles. The monoisotopic (exact) mass is 380 g/mol. The molecule has 5 nitrogen and oxygen atoms in total. The zero-order valence-corrected chi connectivity index (χ0v) is 16.0. The highest BCUT2D eigenvalue weighted by molar-refractivity contribution is 7.89. The third kappa shape index (κ3) is 4.81. The molecule has 0 spiro atoms. The number of anilines is 1. The highest BCUT2D eigenvalue weighted by Crippen LogP contribution is 2.23. The van der Waals surface area contributed by atoms with Crippen molar-refractivity contribution in [3.8, 4) is 0 Å². The van der Waals surface area contributed by atoms with E-state index in [1.807, 2.05) is 6.92 Å². The summed E-state index contributed by atoms with van der Waals surface area (Å²) in [6.07, 6.45) is 0. The molecule has 0 aromatic heterocycles. The number of amides is 1. The molecule has 2 aromatic rings. The van der Waals surface area contributed by atoms with Crippen molar-refractivity contribution in [1.29, 1.82) is 0 Å². The fourth-order valence-electron chi connectivity index (χ4n) is 2.60. The molecular formula is C18H21ClN2O3S. The zero-order valence-electron chi connectivity index (χ0n) is 14.4. The van der Waals surface area contributed by atoms with Gasteiger partial charge in [0, 0.05) is 30.7 Å². The van der Waals surface area contributed by atoms with E-state index in [0.29, 0.717) is 16.3 Å². The van der Waals surface area contributed by atoms with Gasteiger partial charge in [-0.3, -0.25) is 4.79 Å². The van der Waals surface area contributed by atoms with Gasteiger partial charge in [-0.1, -0.05) is 29.8 Å². The lowest BCUT2D eigenvalue weighted by atomic mass is 10.2. The Morgan fingerprint density at radius 3 is 2.40 bits per heavy atom. The van der Waals surface area contributed by atoms with Crippen LogP contribution in [0, 0.1) is 13.8 Å². The maximum absolute atomic E-state index is 12.4. The summed E-state index contributed by atoms with van der Waals surface area (Å²) in [6.45, 7) is 5.38. The minimum absolute atomic E-state index is 0.109. The molecule has 25 heavy (non-hydrogen) atoms. The van der Waals surface area contributed by atoms with Gasteiger partial charge in [-0.2, -0.15) is 0 Å². The molecule has 0 bridgehead atoms. The molecule has 1 N–H and O–H groups in total. The Hall–Kier alpha value is -1.89. The average molecular weight is 381 g/mol. The Morgan fingerprint density at radius 2 is 1.80 bits per heavy atom. The van der Waals surface area contributed by atoms with Crippen LogP contribution >= 0.6 is 11.6 Å². The van der Waals surface area contributed by atoms with Crippen LogP contribution in [0.2, 0.25) is 5.02 Å². The van der Waals surface area contributed by atoms with Crippen LogP contribution < -0.4 is 9.62 Å². The first kappa shape index (κ1) is 19.4. The summed E-state index contributed by atoms with van der Waals surface area (Å²) >= 11 is 5.95. The second kappa shape index (κ2) is 7.99. The highest BCUT2D eigenvalue weighted by atomic mass is 35.5. The van der Waals surface area contributed by atoms with Crippen molar-refractivity contribution >= 4 is 33.2 Å². The van der Waals surface area contributed by atoms with Crippen LogP contribution in [0.25, 0.3) is 0 Å². The van der Waals surface area contributed by atoms with Crippen molar-refractivity contribution < 1.29 is 13.2 Å². The zero-order chi connectivity index (χ0) is 18.6. The summed E-state index contributed by atoms with van der Waals surface area (Å²) in [6, 6.07) is 12.0. The Morgan fingerprint density at radius 1 is 1.12 bits per heavy atom. The van der Waals surface area contributed by atoms with Crippen molar-refractivity contribution in [3.05, 3.63) is 58.6 Å². The molecule has 0 unspecified atom stereocenters. The lowest BCUT2D eigenvalue weighted by Crippen LogP contribution is -2.38. The minimum Gasteiger partial charge on any atom is -0.311 e. The number of nitrogens with zero attached hydrogens (tertiary/aromatic N) is 1. The van der Waals surface area contributed by atoms with Gasteiger partial charge in [0.15, 0.2) is 0 Å². The summed E-state index contributed by atoms with van der Waals surface area (Å²) in [5, 5.41) is 0.588. The molecule has 7 heteroatoms. The first-order chi connectivity index (χ1) is 11.7. The van der Waals surface area contributed by atoms with E-state index in [9.17, 15) is 13.2 Å². The third-order valence-corrected chi connectivity index (χ3v) is 5.70. The maximum atomic E-state index is 12.4. The topological polar surface area (TPSA) is 66.5 Å². The summed E-state index contributed by atoms with van der Waals surface area (Å²) in [5.41, 5.74) is 2.24. The standard InChI is InChI=1S/C18H21ClN2O3S/c1-13-6-4-5-7-18(13)25(23,24)20-10-11-21(15(3)22)17-9-8-16(19)12-14(17)2/h4-9,12,20H,10-11H2,1-3H3. The molecule has 0 radical (unpaired) electrons. The number of sulfonamides is 1. The number of benzene rings is 2. The highest BCUT2D eigenvalue weighted by Gasteiger charge is 2.18. The molecule has 2 rings (SSSR count). The van der Waals surface area contributed by atoms with E-state index >= 15 is 0 Å². The molecular weight excluding hydrogens is 360 g/mol. The van der Waals surface area contributed by atoms with Gasteiger partial charge in [-0.25, -0.2) is 13.1 Å². The fourth-order valence-corrected chi connectivity index (χ4v) is 4.09. The Balaban J connectivity index is 2.12. The number of nitrogens with one attached hydrogen (secondary N) is 1. The van der Waals surface area contributed by atoms with Crippen LogP contribution in [0.15, 0.2) is 47.4 Å². The molecule has 0 aliphatic rings. The Bertz CT molecular complexity index is 882. The van der Waals surface area contributed by atoms with Crippen LogP contribution in [0.4, 0.5) is 5.69 Å². The maximum Gasteiger partial charge on any atom is 0.240 e. The molecule has 1 amide bonds. The molecule has 0 atom stereocenters.